The third kappa shape index (κ3) is 5.66. The highest BCUT2D eigenvalue weighted by molar-refractivity contribution is 7.14. The number of carbonyl (C=O) groups excluding carboxylic acids is 1. The maximum Gasteiger partial charge on any atom is 0.284 e. The fourth-order valence-corrected chi connectivity index (χ4v) is 2.09. The zero-order chi connectivity index (χ0) is 14.1. The molecule has 106 valence electrons. The van der Waals surface area contributed by atoms with Crippen molar-refractivity contribution in [3.8, 4) is 0 Å². The maximum absolute atomic E-state index is 11.2. The van der Waals surface area contributed by atoms with Gasteiger partial charge in [0, 0.05) is 11.9 Å². The molecule has 7 nitrogen and oxygen atoms in total. The third-order valence-electron chi connectivity index (χ3n) is 2.40. The molecular formula is C11H20N6OS. The highest BCUT2D eigenvalue weighted by Gasteiger charge is 2.09. The fourth-order valence-electron chi connectivity index (χ4n) is 1.40. The van der Waals surface area contributed by atoms with Gasteiger partial charge in [-0.05, 0) is 6.42 Å². The van der Waals surface area contributed by atoms with E-state index in [-0.39, 0.29) is 5.69 Å². The summed E-state index contributed by atoms with van der Waals surface area (Å²) in [6.45, 7) is 2.86. The van der Waals surface area contributed by atoms with E-state index in [4.69, 9.17) is 11.6 Å². The quantitative estimate of drug-likeness (QED) is 0.149. The van der Waals surface area contributed by atoms with Crippen molar-refractivity contribution in [1.82, 2.24) is 10.4 Å². The van der Waals surface area contributed by atoms with Crippen molar-refractivity contribution >= 4 is 28.3 Å². The van der Waals surface area contributed by atoms with Gasteiger partial charge in [-0.25, -0.2) is 10.8 Å². The molecule has 1 amide bonds. The molecular weight excluding hydrogens is 264 g/mol. The minimum Gasteiger partial charge on any atom is -0.370 e. The third-order valence-corrected chi connectivity index (χ3v) is 3.15. The lowest BCUT2D eigenvalue weighted by Crippen LogP contribution is -2.30. The van der Waals surface area contributed by atoms with E-state index in [9.17, 15) is 4.79 Å². The molecule has 19 heavy (non-hydrogen) atoms. The highest BCUT2D eigenvalue weighted by Crippen LogP contribution is 2.14. The van der Waals surface area contributed by atoms with Crippen LogP contribution in [0, 0.1) is 0 Å². The number of nitrogens with two attached hydrogens (primary N) is 2. The van der Waals surface area contributed by atoms with E-state index in [0.717, 1.165) is 12.8 Å². The second kappa shape index (κ2) is 8.44. The van der Waals surface area contributed by atoms with Crippen LogP contribution in [0.25, 0.3) is 0 Å². The van der Waals surface area contributed by atoms with Gasteiger partial charge < -0.3 is 11.1 Å². The minimum atomic E-state index is -0.431. The number of anilines is 1. The van der Waals surface area contributed by atoms with Crippen LogP contribution in [0.5, 0.6) is 0 Å². The van der Waals surface area contributed by atoms with Gasteiger partial charge in [-0.2, -0.15) is 0 Å². The molecule has 0 saturated heterocycles. The van der Waals surface area contributed by atoms with E-state index >= 15 is 0 Å². The summed E-state index contributed by atoms with van der Waals surface area (Å²) in [6.07, 6.45) is 4.59. The molecule has 0 saturated carbocycles. The van der Waals surface area contributed by atoms with Crippen LogP contribution in [0.15, 0.2) is 10.4 Å². The van der Waals surface area contributed by atoms with Gasteiger partial charge in [0.2, 0.25) is 0 Å². The number of unbranched alkanes of at least 4 members (excludes halogenated alkanes) is 3. The van der Waals surface area contributed by atoms with Crippen molar-refractivity contribution in [2.45, 2.75) is 32.6 Å². The highest BCUT2D eigenvalue weighted by atomic mass is 32.1. The Balaban J connectivity index is 2.39. The summed E-state index contributed by atoms with van der Waals surface area (Å²) in [5, 5.41) is 4.96. The van der Waals surface area contributed by atoms with Gasteiger partial charge in [0.15, 0.2) is 11.1 Å². The number of nitrogens with one attached hydrogen (secondary N) is 2. The molecule has 1 rings (SSSR count). The number of guanidine groups is 1. The van der Waals surface area contributed by atoms with Gasteiger partial charge in [-0.15, -0.1) is 11.3 Å². The molecule has 6 N–H and O–H groups in total. The van der Waals surface area contributed by atoms with Crippen molar-refractivity contribution in [1.29, 1.82) is 0 Å². The lowest BCUT2D eigenvalue weighted by atomic mass is 10.2. The number of hydrogen-bond donors (Lipinski definition) is 4. The first-order chi connectivity index (χ1) is 9.17. The van der Waals surface area contributed by atoms with Gasteiger partial charge in [-0.1, -0.05) is 26.2 Å². The molecule has 0 aliphatic rings. The zero-order valence-electron chi connectivity index (χ0n) is 11.0. The number of nitrogens with zero attached hydrogens (tertiary/aromatic N) is 2. The van der Waals surface area contributed by atoms with Crippen LogP contribution in [0.3, 0.4) is 0 Å². The predicted octanol–water partition coefficient (Wildman–Crippen LogP) is 1.05. The van der Waals surface area contributed by atoms with Gasteiger partial charge in [0.1, 0.15) is 5.69 Å². The Morgan fingerprint density at radius 2 is 2.26 bits per heavy atom. The summed E-state index contributed by atoms with van der Waals surface area (Å²) in [5.74, 6) is 4.90. The van der Waals surface area contributed by atoms with Crippen molar-refractivity contribution < 1.29 is 4.79 Å². The SMILES string of the molecule is CCCCCCN=C(N)Nc1nc(C(=O)NN)cs1. The van der Waals surface area contributed by atoms with E-state index in [1.54, 1.807) is 5.38 Å². The lowest BCUT2D eigenvalue weighted by Gasteiger charge is -2.01. The van der Waals surface area contributed by atoms with Crippen molar-refractivity contribution in [2.24, 2.45) is 16.6 Å². The van der Waals surface area contributed by atoms with Crippen LogP contribution in [0.4, 0.5) is 5.13 Å². The first-order valence-electron chi connectivity index (χ1n) is 6.20. The molecule has 0 aliphatic carbocycles. The Morgan fingerprint density at radius 1 is 1.47 bits per heavy atom. The van der Waals surface area contributed by atoms with E-state index < -0.39 is 5.91 Å². The molecule has 8 heteroatoms. The maximum atomic E-state index is 11.2. The lowest BCUT2D eigenvalue weighted by molar-refractivity contribution is 0.0949. The van der Waals surface area contributed by atoms with Crippen LogP contribution in [0.2, 0.25) is 0 Å². The second-order valence-corrected chi connectivity index (χ2v) is 4.82. The molecule has 0 unspecified atom stereocenters. The molecule has 0 atom stereocenters. The fraction of sp³-hybridized carbons (Fsp3) is 0.545. The molecule has 1 aromatic rings. The predicted molar refractivity (Wildman–Crippen MR) is 78.0 cm³/mol. The number of aliphatic imine (C=N–C) groups is 1. The summed E-state index contributed by atoms with van der Waals surface area (Å²) >= 11 is 1.27. The van der Waals surface area contributed by atoms with Crippen LogP contribution in [-0.2, 0) is 0 Å². The number of carbonyl (C=O) groups is 1. The van der Waals surface area contributed by atoms with Crippen LogP contribution >= 0.6 is 11.3 Å². The van der Waals surface area contributed by atoms with Crippen molar-refractivity contribution in [2.75, 3.05) is 11.9 Å². The Kier molecular flexibility index (Phi) is 6.83. The van der Waals surface area contributed by atoms with E-state index in [0.29, 0.717) is 17.6 Å². The number of nitrogen functional groups attached to an aromatic ring is 1. The second-order valence-electron chi connectivity index (χ2n) is 3.96. The molecule has 0 bridgehead atoms. The summed E-state index contributed by atoms with van der Waals surface area (Å²) in [7, 11) is 0. The van der Waals surface area contributed by atoms with Crippen molar-refractivity contribution in [3.63, 3.8) is 0 Å². The Labute approximate surface area is 116 Å². The normalized spacial score (nSPS) is 11.4. The summed E-state index contributed by atoms with van der Waals surface area (Å²) < 4.78 is 0. The van der Waals surface area contributed by atoms with Crippen LogP contribution < -0.4 is 22.3 Å². The first-order valence-corrected chi connectivity index (χ1v) is 7.08. The number of hydrazine groups is 1. The standard InChI is InChI=1S/C11H20N6OS/c1-2-3-4-5-6-14-10(12)16-11-15-8(7-19-11)9(18)17-13/h7H,2-6,13H2,1H3,(H,17,18)(H3,12,14,15,16). The summed E-state index contributed by atoms with van der Waals surface area (Å²) in [6, 6.07) is 0. The van der Waals surface area contributed by atoms with E-state index in [2.05, 4.69) is 22.2 Å². The minimum absolute atomic E-state index is 0.255. The molecule has 1 heterocycles. The van der Waals surface area contributed by atoms with Crippen molar-refractivity contribution in [3.05, 3.63) is 11.1 Å². The summed E-state index contributed by atoms with van der Waals surface area (Å²) in [4.78, 5) is 19.4. The first kappa shape index (κ1) is 15.4. The zero-order valence-corrected chi connectivity index (χ0v) is 11.8. The number of aromatic nitrogens is 1. The molecule has 0 radical (unpaired) electrons. The van der Waals surface area contributed by atoms with E-state index in [1.165, 1.54) is 24.2 Å². The average molecular weight is 284 g/mol. The van der Waals surface area contributed by atoms with Gasteiger partial charge in [-0.3, -0.25) is 15.2 Å². The van der Waals surface area contributed by atoms with Crippen LogP contribution in [-0.4, -0.2) is 23.4 Å². The largest absolute Gasteiger partial charge is 0.370 e. The Hall–Kier alpha value is -1.67. The molecule has 0 spiro atoms. The molecule has 0 aliphatic heterocycles. The smallest absolute Gasteiger partial charge is 0.284 e. The topological polar surface area (TPSA) is 118 Å². The number of amides is 1. The molecule has 0 aromatic carbocycles. The molecule has 1 aromatic heterocycles. The number of rotatable bonds is 7. The Bertz CT molecular complexity index is 431. The number of thiazole rings is 1. The monoisotopic (exact) mass is 284 g/mol. The summed E-state index contributed by atoms with van der Waals surface area (Å²) in [5.41, 5.74) is 7.99. The van der Waals surface area contributed by atoms with Gasteiger partial charge in [0.05, 0.1) is 0 Å². The van der Waals surface area contributed by atoms with Crippen LogP contribution in [0.1, 0.15) is 43.1 Å². The molecule has 0 fully saturated rings. The average Bonchev–Trinajstić information content (AvgIpc) is 2.86. The van der Waals surface area contributed by atoms with E-state index in [1.807, 2.05) is 5.43 Å². The number of hydrogen-bond acceptors (Lipinski definition) is 5. The van der Waals surface area contributed by atoms with Gasteiger partial charge >= 0.3 is 0 Å². The van der Waals surface area contributed by atoms with Gasteiger partial charge in [0.25, 0.3) is 5.91 Å². The Morgan fingerprint density at radius 3 is 2.95 bits per heavy atom.